The van der Waals surface area contributed by atoms with Gasteiger partial charge in [0.05, 0.1) is 18.5 Å². The zero-order valence-corrected chi connectivity index (χ0v) is 20.2. The summed E-state index contributed by atoms with van der Waals surface area (Å²) in [4.78, 5) is 41.3. The van der Waals surface area contributed by atoms with Gasteiger partial charge in [-0.1, -0.05) is 44.4 Å². The lowest BCUT2D eigenvalue weighted by atomic mass is 10.0. The third-order valence-corrected chi connectivity index (χ3v) is 6.78. The molecule has 1 aromatic heterocycles. The van der Waals surface area contributed by atoms with E-state index in [-0.39, 0.29) is 30.3 Å². The summed E-state index contributed by atoms with van der Waals surface area (Å²) in [7, 11) is 1.59. The predicted octanol–water partition coefficient (Wildman–Crippen LogP) is 3.92. The van der Waals surface area contributed by atoms with Gasteiger partial charge in [-0.25, -0.2) is 0 Å². The molecule has 178 valence electrons. The molecule has 1 heterocycles. The van der Waals surface area contributed by atoms with Gasteiger partial charge < -0.3 is 20.3 Å². The van der Waals surface area contributed by atoms with E-state index in [1.807, 2.05) is 24.4 Å². The van der Waals surface area contributed by atoms with Gasteiger partial charge in [-0.15, -0.1) is 11.3 Å². The van der Waals surface area contributed by atoms with Crippen molar-refractivity contribution in [1.82, 2.24) is 15.5 Å². The number of methoxy groups -OCH3 is 1. The van der Waals surface area contributed by atoms with Crippen LogP contribution in [-0.4, -0.2) is 48.9 Å². The maximum Gasteiger partial charge on any atom is 0.261 e. The van der Waals surface area contributed by atoms with Crippen molar-refractivity contribution < 1.29 is 19.1 Å². The Balaban J connectivity index is 1.82. The molecule has 2 aromatic rings. The van der Waals surface area contributed by atoms with E-state index < -0.39 is 6.04 Å². The highest BCUT2D eigenvalue weighted by Gasteiger charge is 2.33. The van der Waals surface area contributed by atoms with Crippen molar-refractivity contribution in [3.63, 3.8) is 0 Å². The van der Waals surface area contributed by atoms with E-state index >= 15 is 0 Å². The van der Waals surface area contributed by atoms with E-state index in [4.69, 9.17) is 4.74 Å². The monoisotopic (exact) mass is 471 g/mol. The van der Waals surface area contributed by atoms with Crippen molar-refractivity contribution in [2.45, 2.75) is 57.5 Å². The third-order valence-electron chi connectivity index (χ3n) is 5.91. The van der Waals surface area contributed by atoms with Crippen LogP contribution >= 0.6 is 11.3 Å². The van der Waals surface area contributed by atoms with Crippen LogP contribution in [0.1, 0.15) is 66.7 Å². The molecule has 3 rings (SSSR count). The molecule has 1 fully saturated rings. The fourth-order valence-corrected chi connectivity index (χ4v) is 4.73. The average molecular weight is 472 g/mol. The first-order valence-corrected chi connectivity index (χ1v) is 12.5. The molecular formula is C25H33N3O4S. The number of benzene rings is 1. The van der Waals surface area contributed by atoms with Gasteiger partial charge in [-0.3, -0.25) is 14.4 Å². The number of thiophene rings is 1. The van der Waals surface area contributed by atoms with Crippen LogP contribution < -0.4 is 15.4 Å². The molecule has 0 spiro atoms. The van der Waals surface area contributed by atoms with E-state index in [1.54, 1.807) is 36.3 Å². The minimum atomic E-state index is -0.769. The predicted molar refractivity (Wildman–Crippen MR) is 129 cm³/mol. The Morgan fingerprint density at radius 1 is 1.15 bits per heavy atom. The first-order chi connectivity index (χ1) is 16.0. The van der Waals surface area contributed by atoms with Crippen LogP contribution in [-0.2, 0) is 9.59 Å². The molecule has 1 aromatic carbocycles. The summed E-state index contributed by atoms with van der Waals surface area (Å²) >= 11 is 1.32. The number of hydrogen-bond acceptors (Lipinski definition) is 5. The van der Waals surface area contributed by atoms with Crippen molar-refractivity contribution in [3.8, 4) is 5.75 Å². The molecule has 1 atom stereocenters. The Bertz CT molecular complexity index is 908. The van der Waals surface area contributed by atoms with Crippen LogP contribution in [0, 0.1) is 0 Å². The average Bonchev–Trinajstić information content (AvgIpc) is 3.54. The number of carbonyl (C=O) groups is 3. The van der Waals surface area contributed by atoms with Crippen molar-refractivity contribution in [2.24, 2.45) is 0 Å². The summed E-state index contributed by atoms with van der Waals surface area (Å²) in [5.41, 5.74) is 0.723. The number of amides is 3. The zero-order chi connectivity index (χ0) is 23.6. The Hall–Kier alpha value is -2.87. The lowest BCUT2D eigenvalue weighted by molar-refractivity contribution is -0.140. The molecule has 2 N–H and O–H groups in total. The summed E-state index contributed by atoms with van der Waals surface area (Å²) in [5.74, 6) is -0.0645. The second-order valence-corrected chi connectivity index (χ2v) is 9.21. The largest absolute Gasteiger partial charge is 0.497 e. The quantitative estimate of drug-likeness (QED) is 0.520. The van der Waals surface area contributed by atoms with Gasteiger partial charge in [0.2, 0.25) is 11.8 Å². The molecule has 1 saturated carbocycles. The fraction of sp³-hybridized carbons (Fsp3) is 0.480. The van der Waals surface area contributed by atoms with Crippen LogP contribution in [0.25, 0.3) is 0 Å². The van der Waals surface area contributed by atoms with Crippen LogP contribution in [0.2, 0.25) is 0 Å². The van der Waals surface area contributed by atoms with E-state index in [1.165, 1.54) is 11.3 Å². The molecule has 0 aliphatic heterocycles. The van der Waals surface area contributed by atoms with Gasteiger partial charge in [0.25, 0.3) is 5.91 Å². The second-order valence-electron chi connectivity index (χ2n) is 8.27. The number of carbonyl (C=O) groups excluding carboxylic acids is 3. The van der Waals surface area contributed by atoms with E-state index in [0.717, 1.165) is 44.1 Å². The zero-order valence-electron chi connectivity index (χ0n) is 19.3. The molecular weight excluding hydrogens is 438 g/mol. The van der Waals surface area contributed by atoms with E-state index in [2.05, 4.69) is 10.6 Å². The first-order valence-electron chi connectivity index (χ1n) is 11.6. The van der Waals surface area contributed by atoms with Gasteiger partial charge >= 0.3 is 0 Å². The standard InChI is InChI=1S/C25H33N3O4S/c1-3-4-15-28(22(29)17-26-24(30)21-10-7-16-33-21)23(18-11-13-20(32-2)14-12-18)25(31)27-19-8-5-6-9-19/h7,10-14,16,19,23H,3-6,8-9,15,17H2,1-2H3,(H,26,30)(H,27,31)/t23-/m0/s1. The molecule has 8 heteroatoms. The van der Waals surface area contributed by atoms with Crippen molar-refractivity contribution in [2.75, 3.05) is 20.2 Å². The number of rotatable bonds is 11. The van der Waals surface area contributed by atoms with Crippen molar-refractivity contribution in [1.29, 1.82) is 0 Å². The normalized spacial score (nSPS) is 14.5. The number of nitrogens with one attached hydrogen (secondary N) is 2. The Kier molecular flexibility index (Phi) is 9.30. The van der Waals surface area contributed by atoms with Crippen LogP contribution in [0.3, 0.4) is 0 Å². The first kappa shape index (κ1) is 24.8. The highest BCUT2D eigenvalue weighted by molar-refractivity contribution is 7.12. The topological polar surface area (TPSA) is 87.7 Å². The van der Waals surface area contributed by atoms with Gasteiger partial charge in [0, 0.05) is 12.6 Å². The highest BCUT2D eigenvalue weighted by atomic mass is 32.1. The molecule has 0 bridgehead atoms. The van der Waals surface area contributed by atoms with Crippen LogP contribution in [0.15, 0.2) is 41.8 Å². The minimum absolute atomic E-state index is 0.139. The van der Waals surface area contributed by atoms with Crippen molar-refractivity contribution >= 4 is 29.1 Å². The van der Waals surface area contributed by atoms with Gasteiger partial charge in [0.1, 0.15) is 11.8 Å². The fourth-order valence-electron chi connectivity index (χ4n) is 4.09. The minimum Gasteiger partial charge on any atom is -0.497 e. The maximum absolute atomic E-state index is 13.5. The summed E-state index contributed by atoms with van der Waals surface area (Å²) in [6.07, 6.45) is 5.76. The van der Waals surface area contributed by atoms with Crippen LogP contribution in [0.5, 0.6) is 5.75 Å². The number of hydrogen-bond donors (Lipinski definition) is 2. The summed E-state index contributed by atoms with van der Waals surface area (Å²) < 4.78 is 5.26. The second kappa shape index (κ2) is 12.4. The SMILES string of the molecule is CCCCN(C(=O)CNC(=O)c1cccs1)[C@H](C(=O)NC1CCCC1)c1ccc(OC)cc1. The maximum atomic E-state index is 13.5. The van der Waals surface area contributed by atoms with Crippen molar-refractivity contribution in [3.05, 3.63) is 52.2 Å². The Morgan fingerprint density at radius 2 is 1.88 bits per heavy atom. The molecule has 33 heavy (non-hydrogen) atoms. The molecule has 1 aliphatic rings. The van der Waals surface area contributed by atoms with E-state index in [9.17, 15) is 14.4 Å². The van der Waals surface area contributed by atoms with E-state index in [0.29, 0.717) is 17.2 Å². The third kappa shape index (κ3) is 6.81. The molecule has 3 amide bonds. The summed E-state index contributed by atoms with van der Waals surface area (Å²) in [6, 6.07) is 10.1. The Morgan fingerprint density at radius 3 is 2.48 bits per heavy atom. The molecule has 0 radical (unpaired) electrons. The molecule has 0 saturated heterocycles. The molecule has 7 nitrogen and oxygen atoms in total. The van der Waals surface area contributed by atoms with Gasteiger partial charge in [0.15, 0.2) is 0 Å². The number of unbranched alkanes of at least 4 members (excludes halogenated alkanes) is 1. The summed E-state index contributed by atoms with van der Waals surface area (Å²) in [6.45, 7) is 2.31. The summed E-state index contributed by atoms with van der Waals surface area (Å²) in [5, 5.41) is 7.68. The molecule has 0 unspecified atom stereocenters. The smallest absolute Gasteiger partial charge is 0.261 e. The lowest BCUT2D eigenvalue weighted by Crippen LogP contribution is -2.49. The van der Waals surface area contributed by atoms with Crippen LogP contribution in [0.4, 0.5) is 0 Å². The highest BCUT2D eigenvalue weighted by Crippen LogP contribution is 2.26. The number of nitrogens with zero attached hydrogens (tertiary/aromatic N) is 1. The van der Waals surface area contributed by atoms with Gasteiger partial charge in [-0.05, 0) is 48.4 Å². The lowest BCUT2D eigenvalue weighted by Gasteiger charge is -2.32. The van der Waals surface area contributed by atoms with Gasteiger partial charge in [-0.2, -0.15) is 0 Å². The molecule has 1 aliphatic carbocycles. The number of ether oxygens (including phenoxy) is 1. The Labute approximate surface area is 199 Å².